The first kappa shape index (κ1) is 37.4. The maximum atomic E-state index is 12.6. The number of hydrogen-bond acceptors (Lipinski definition) is 5. The summed E-state index contributed by atoms with van der Waals surface area (Å²) >= 11 is 0. The number of carbonyl (C=O) groups excluding carboxylic acids is 1. The molecule has 0 aromatic carbocycles. The van der Waals surface area contributed by atoms with E-state index in [4.69, 9.17) is 4.74 Å². The number of carbonyl (C=O) groups is 2. The smallest absolute Gasteiger partial charge is 0.330 e. The summed E-state index contributed by atoms with van der Waals surface area (Å²) in [7, 11) is -4.94. The average molecular weight is 497 g/mol. The van der Waals surface area contributed by atoms with Gasteiger partial charge in [0.1, 0.15) is 0 Å². The van der Waals surface area contributed by atoms with E-state index < -0.39 is 33.2 Å². The standard InChI is InChI=1S/C22H42O7S.2Na/c1-3-5-7-9-11-12-13-15-17-22(19-20(23)24,30(26,27)28)21(25)29-18-16-14-10-8-6-4-2;;/h3-19H2,1-2H3,(H,23,24)(H,26,27,28);;. The molecule has 32 heavy (non-hydrogen) atoms. The number of rotatable bonds is 20. The van der Waals surface area contributed by atoms with E-state index >= 15 is 0 Å². The van der Waals surface area contributed by atoms with Crippen LogP contribution in [0.25, 0.3) is 0 Å². The van der Waals surface area contributed by atoms with Crippen LogP contribution in [0.4, 0.5) is 0 Å². The van der Waals surface area contributed by atoms with Crippen molar-refractivity contribution in [3.05, 3.63) is 0 Å². The van der Waals surface area contributed by atoms with Gasteiger partial charge in [0.25, 0.3) is 10.1 Å². The van der Waals surface area contributed by atoms with E-state index in [1.807, 2.05) is 0 Å². The predicted octanol–water partition coefficient (Wildman–Crippen LogP) is 4.76. The Morgan fingerprint density at radius 1 is 0.750 bits per heavy atom. The van der Waals surface area contributed by atoms with Gasteiger partial charge in [-0.25, -0.2) is 0 Å². The average Bonchev–Trinajstić information content (AvgIpc) is 2.67. The third kappa shape index (κ3) is 16.5. The van der Waals surface area contributed by atoms with E-state index in [-0.39, 0.29) is 72.1 Å². The second-order valence-corrected chi connectivity index (χ2v) is 9.90. The van der Waals surface area contributed by atoms with Gasteiger partial charge in [0, 0.05) is 59.1 Å². The van der Waals surface area contributed by atoms with Crippen LogP contribution in [0.15, 0.2) is 0 Å². The maximum absolute atomic E-state index is 12.6. The molecule has 0 saturated carbocycles. The molecule has 0 aliphatic rings. The molecule has 0 spiro atoms. The molecule has 0 fully saturated rings. The van der Waals surface area contributed by atoms with Crippen LogP contribution in [0.2, 0.25) is 0 Å². The SMILES string of the molecule is CCCCCCCCCCC(CC(=O)O)(C(=O)OCCCCCCCC)S(=O)(=O)O.[Na].[Na]. The Labute approximate surface area is 239 Å². The molecule has 180 valence electrons. The van der Waals surface area contributed by atoms with Crippen LogP contribution in [0.3, 0.4) is 0 Å². The molecule has 1 unspecified atom stereocenters. The molecular formula is C22H42Na2O7S. The Balaban J connectivity index is -0.00000420. The molecule has 1 atom stereocenters. The number of esters is 1. The molecule has 7 nitrogen and oxygen atoms in total. The van der Waals surface area contributed by atoms with Gasteiger partial charge in [-0.1, -0.05) is 97.3 Å². The molecule has 0 bridgehead atoms. The zero-order chi connectivity index (χ0) is 22.9. The summed E-state index contributed by atoms with van der Waals surface area (Å²) in [4.78, 5) is 23.9. The summed E-state index contributed by atoms with van der Waals surface area (Å²) in [6, 6.07) is 0. The van der Waals surface area contributed by atoms with E-state index in [9.17, 15) is 27.7 Å². The Morgan fingerprint density at radius 2 is 1.16 bits per heavy atom. The van der Waals surface area contributed by atoms with Crippen molar-refractivity contribution in [3.8, 4) is 0 Å². The number of aliphatic carboxylic acids is 1. The number of unbranched alkanes of at least 4 members (excludes halogenated alkanes) is 12. The Bertz CT molecular complexity index is 585. The molecule has 0 aliphatic carbocycles. The number of ether oxygens (including phenoxy) is 1. The molecule has 2 radical (unpaired) electrons. The van der Waals surface area contributed by atoms with Gasteiger partial charge in [0.15, 0.2) is 0 Å². The van der Waals surface area contributed by atoms with Crippen LogP contribution in [-0.2, 0) is 24.4 Å². The van der Waals surface area contributed by atoms with Crippen molar-refractivity contribution in [2.24, 2.45) is 0 Å². The minimum atomic E-state index is -4.94. The molecule has 0 aliphatic heterocycles. The number of carboxylic acid groups (broad SMARTS) is 1. The van der Waals surface area contributed by atoms with Crippen LogP contribution in [0.5, 0.6) is 0 Å². The summed E-state index contributed by atoms with van der Waals surface area (Å²) in [5, 5.41) is 9.19. The van der Waals surface area contributed by atoms with Gasteiger partial charge >= 0.3 is 11.9 Å². The molecule has 2 N–H and O–H groups in total. The van der Waals surface area contributed by atoms with Crippen molar-refractivity contribution in [3.63, 3.8) is 0 Å². The third-order valence-corrected chi connectivity index (χ3v) is 6.97. The molecule has 0 aromatic rings. The maximum Gasteiger partial charge on any atom is 0.330 e. The fourth-order valence-corrected chi connectivity index (χ4v) is 4.53. The molecule has 0 aromatic heterocycles. The summed E-state index contributed by atoms with van der Waals surface area (Å²) in [6.45, 7) is 4.29. The van der Waals surface area contributed by atoms with E-state index in [2.05, 4.69) is 13.8 Å². The van der Waals surface area contributed by atoms with Crippen molar-refractivity contribution < 1.29 is 32.4 Å². The zero-order valence-corrected chi connectivity index (χ0v) is 25.7. The molecule has 0 heterocycles. The van der Waals surface area contributed by atoms with E-state index in [0.29, 0.717) is 19.3 Å². The molecule has 0 rings (SSSR count). The first-order chi connectivity index (χ1) is 14.2. The van der Waals surface area contributed by atoms with Crippen molar-refractivity contribution in [2.75, 3.05) is 6.61 Å². The fraction of sp³-hybridized carbons (Fsp3) is 0.909. The first-order valence-electron chi connectivity index (χ1n) is 11.6. The zero-order valence-electron chi connectivity index (χ0n) is 20.9. The van der Waals surface area contributed by atoms with Crippen LogP contribution in [-0.4, -0.2) is 100 Å². The monoisotopic (exact) mass is 496 g/mol. The van der Waals surface area contributed by atoms with Gasteiger partial charge in [0.2, 0.25) is 4.75 Å². The minimum absolute atomic E-state index is 0. The topological polar surface area (TPSA) is 118 Å². The Hall–Kier alpha value is 0.850. The van der Waals surface area contributed by atoms with Crippen LogP contribution in [0.1, 0.15) is 117 Å². The van der Waals surface area contributed by atoms with Gasteiger partial charge in [0.05, 0.1) is 13.0 Å². The minimum Gasteiger partial charge on any atom is -0.481 e. The summed E-state index contributed by atoms with van der Waals surface area (Å²) in [6.07, 6.45) is 12.1. The number of carboxylic acids is 1. The van der Waals surface area contributed by atoms with Crippen LogP contribution >= 0.6 is 0 Å². The molecule has 10 heteroatoms. The Kier molecular flexibility index (Phi) is 26.1. The second kappa shape index (κ2) is 22.3. The number of hydrogen-bond donors (Lipinski definition) is 2. The predicted molar refractivity (Wildman–Crippen MR) is 130 cm³/mol. The van der Waals surface area contributed by atoms with E-state index in [1.54, 1.807) is 0 Å². The van der Waals surface area contributed by atoms with Crippen molar-refractivity contribution in [2.45, 2.75) is 121 Å². The fourth-order valence-electron chi connectivity index (χ4n) is 3.56. The molecule has 0 amide bonds. The summed E-state index contributed by atoms with van der Waals surface area (Å²) < 4.78 is 36.6. The van der Waals surface area contributed by atoms with Crippen molar-refractivity contribution >= 4 is 81.2 Å². The van der Waals surface area contributed by atoms with Crippen LogP contribution < -0.4 is 0 Å². The normalized spacial score (nSPS) is 12.8. The van der Waals surface area contributed by atoms with Crippen molar-refractivity contribution in [1.29, 1.82) is 0 Å². The van der Waals surface area contributed by atoms with Gasteiger partial charge < -0.3 is 9.84 Å². The Morgan fingerprint density at radius 3 is 1.56 bits per heavy atom. The van der Waals surface area contributed by atoms with Gasteiger partial charge in [-0.3, -0.25) is 14.1 Å². The summed E-state index contributed by atoms with van der Waals surface area (Å²) in [5.74, 6) is -2.60. The largest absolute Gasteiger partial charge is 0.481 e. The van der Waals surface area contributed by atoms with Gasteiger partial charge in [-0.15, -0.1) is 0 Å². The third-order valence-electron chi connectivity index (χ3n) is 5.47. The first-order valence-corrected chi connectivity index (χ1v) is 13.0. The van der Waals surface area contributed by atoms with Crippen molar-refractivity contribution in [1.82, 2.24) is 0 Å². The second-order valence-electron chi connectivity index (χ2n) is 8.17. The van der Waals surface area contributed by atoms with Gasteiger partial charge in [-0.2, -0.15) is 8.42 Å². The molecule has 0 saturated heterocycles. The van der Waals surface area contributed by atoms with E-state index in [0.717, 1.165) is 64.2 Å². The quantitative estimate of drug-likeness (QED) is 0.108. The van der Waals surface area contributed by atoms with E-state index in [1.165, 1.54) is 6.42 Å². The molecular weight excluding hydrogens is 454 g/mol. The van der Waals surface area contributed by atoms with Gasteiger partial charge in [-0.05, 0) is 12.8 Å². The van der Waals surface area contributed by atoms with Crippen LogP contribution in [0, 0.1) is 0 Å². The summed E-state index contributed by atoms with van der Waals surface area (Å²) in [5.41, 5.74) is 0.